The van der Waals surface area contributed by atoms with Crippen LogP contribution in [0, 0.1) is 23.7 Å². The molecule has 0 aliphatic heterocycles. The van der Waals surface area contributed by atoms with Gasteiger partial charge in [-0.05, 0) is 30.1 Å². The molecule has 1 aliphatic rings. The number of hydrogen-bond acceptors (Lipinski definition) is 0. The molecule has 0 aromatic rings. The van der Waals surface area contributed by atoms with Crippen LogP contribution < -0.4 is 0 Å². The van der Waals surface area contributed by atoms with E-state index in [-0.39, 0.29) is 0 Å². The second-order valence-electron chi connectivity index (χ2n) is 5.38. The molecular formula is C14H28. The maximum absolute atomic E-state index is 2.48. The van der Waals surface area contributed by atoms with Gasteiger partial charge in [-0.2, -0.15) is 0 Å². The first-order chi connectivity index (χ1) is 6.70. The third kappa shape index (κ3) is 2.74. The van der Waals surface area contributed by atoms with E-state index in [1.54, 1.807) is 0 Å². The van der Waals surface area contributed by atoms with Gasteiger partial charge in [0.2, 0.25) is 0 Å². The minimum Gasteiger partial charge on any atom is -0.0651 e. The van der Waals surface area contributed by atoms with Crippen molar-refractivity contribution in [2.75, 3.05) is 0 Å². The highest BCUT2D eigenvalue weighted by Gasteiger charge is 2.30. The largest absolute Gasteiger partial charge is 0.0651 e. The van der Waals surface area contributed by atoms with Gasteiger partial charge in [0.15, 0.2) is 0 Å². The first kappa shape index (κ1) is 12.1. The standard InChI is InChI=1S/C14H28/c1-5-11(3)14-10-8-7-9-12(4)13(14)6-2/h11-14H,5-10H2,1-4H3. The molecule has 0 nitrogen and oxygen atoms in total. The van der Waals surface area contributed by atoms with E-state index in [9.17, 15) is 0 Å². The van der Waals surface area contributed by atoms with E-state index in [1.165, 1.54) is 38.5 Å². The highest BCUT2D eigenvalue weighted by Crippen LogP contribution is 2.40. The van der Waals surface area contributed by atoms with Crippen LogP contribution in [-0.2, 0) is 0 Å². The van der Waals surface area contributed by atoms with Gasteiger partial charge < -0.3 is 0 Å². The number of hydrogen-bond donors (Lipinski definition) is 0. The van der Waals surface area contributed by atoms with Crippen LogP contribution in [0.1, 0.15) is 66.2 Å². The Morgan fingerprint density at radius 1 is 1.14 bits per heavy atom. The van der Waals surface area contributed by atoms with Crippen molar-refractivity contribution in [3.8, 4) is 0 Å². The summed E-state index contributed by atoms with van der Waals surface area (Å²) in [6, 6.07) is 0. The Kier molecular flexibility index (Phi) is 4.98. The van der Waals surface area contributed by atoms with Gasteiger partial charge in [-0.15, -0.1) is 0 Å². The van der Waals surface area contributed by atoms with Crippen LogP contribution in [-0.4, -0.2) is 0 Å². The predicted octanol–water partition coefficient (Wildman–Crippen LogP) is 4.89. The lowest BCUT2D eigenvalue weighted by Gasteiger charge is -2.32. The molecule has 4 atom stereocenters. The second kappa shape index (κ2) is 5.78. The van der Waals surface area contributed by atoms with Crippen molar-refractivity contribution in [2.24, 2.45) is 23.7 Å². The Bertz CT molecular complexity index is 150. The van der Waals surface area contributed by atoms with Gasteiger partial charge in [0, 0.05) is 0 Å². The van der Waals surface area contributed by atoms with E-state index in [4.69, 9.17) is 0 Å². The van der Waals surface area contributed by atoms with Crippen molar-refractivity contribution in [3.63, 3.8) is 0 Å². The van der Waals surface area contributed by atoms with Crippen LogP contribution in [0.5, 0.6) is 0 Å². The van der Waals surface area contributed by atoms with Gasteiger partial charge in [-0.1, -0.05) is 59.8 Å². The average Bonchev–Trinajstić information content (AvgIpc) is 2.38. The number of rotatable bonds is 3. The zero-order valence-corrected chi connectivity index (χ0v) is 10.6. The Labute approximate surface area is 90.5 Å². The topological polar surface area (TPSA) is 0 Å². The zero-order chi connectivity index (χ0) is 10.6. The third-order valence-corrected chi connectivity index (χ3v) is 4.57. The molecule has 14 heavy (non-hydrogen) atoms. The second-order valence-corrected chi connectivity index (χ2v) is 5.38. The summed E-state index contributed by atoms with van der Waals surface area (Å²) in [5.41, 5.74) is 0. The molecule has 4 unspecified atom stereocenters. The Morgan fingerprint density at radius 2 is 1.79 bits per heavy atom. The Balaban J connectivity index is 2.66. The molecule has 0 spiro atoms. The van der Waals surface area contributed by atoms with Crippen molar-refractivity contribution >= 4 is 0 Å². The molecule has 0 radical (unpaired) electrons. The van der Waals surface area contributed by atoms with Crippen LogP contribution in [0.4, 0.5) is 0 Å². The van der Waals surface area contributed by atoms with Gasteiger partial charge >= 0.3 is 0 Å². The molecule has 0 amide bonds. The van der Waals surface area contributed by atoms with Crippen LogP contribution >= 0.6 is 0 Å². The van der Waals surface area contributed by atoms with E-state index in [0.29, 0.717) is 0 Å². The molecule has 1 fully saturated rings. The summed E-state index contributed by atoms with van der Waals surface area (Å²) < 4.78 is 0. The Morgan fingerprint density at radius 3 is 2.36 bits per heavy atom. The van der Waals surface area contributed by atoms with Crippen LogP contribution in [0.3, 0.4) is 0 Å². The summed E-state index contributed by atoms with van der Waals surface area (Å²) in [5, 5.41) is 0. The molecule has 0 heterocycles. The van der Waals surface area contributed by atoms with Crippen molar-refractivity contribution < 1.29 is 0 Å². The minimum absolute atomic E-state index is 0.945. The summed E-state index contributed by atoms with van der Waals surface area (Å²) in [6.07, 6.45) is 8.70. The van der Waals surface area contributed by atoms with Gasteiger partial charge in [-0.25, -0.2) is 0 Å². The van der Waals surface area contributed by atoms with Gasteiger partial charge in [0.25, 0.3) is 0 Å². The summed E-state index contributed by atoms with van der Waals surface area (Å²) in [7, 11) is 0. The molecule has 0 bridgehead atoms. The fourth-order valence-corrected chi connectivity index (χ4v) is 3.41. The maximum Gasteiger partial charge on any atom is -0.0358 e. The molecule has 0 saturated heterocycles. The fraction of sp³-hybridized carbons (Fsp3) is 1.00. The summed E-state index contributed by atoms with van der Waals surface area (Å²) in [6.45, 7) is 9.69. The van der Waals surface area contributed by atoms with Gasteiger partial charge in [0.05, 0.1) is 0 Å². The molecule has 0 N–H and O–H groups in total. The quantitative estimate of drug-likeness (QED) is 0.564. The van der Waals surface area contributed by atoms with E-state index in [0.717, 1.165) is 23.7 Å². The highest BCUT2D eigenvalue weighted by molar-refractivity contribution is 4.80. The monoisotopic (exact) mass is 196 g/mol. The van der Waals surface area contributed by atoms with Crippen molar-refractivity contribution in [1.29, 1.82) is 0 Å². The highest BCUT2D eigenvalue weighted by atomic mass is 14.4. The molecule has 1 aliphatic carbocycles. The molecule has 1 saturated carbocycles. The summed E-state index contributed by atoms with van der Waals surface area (Å²) in [5.74, 6) is 3.94. The molecule has 84 valence electrons. The average molecular weight is 196 g/mol. The van der Waals surface area contributed by atoms with E-state index in [1.807, 2.05) is 0 Å². The lowest BCUT2D eigenvalue weighted by molar-refractivity contribution is 0.170. The normalized spacial score (nSPS) is 36.4. The van der Waals surface area contributed by atoms with Crippen LogP contribution in [0.2, 0.25) is 0 Å². The van der Waals surface area contributed by atoms with Crippen LogP contribution in [0.25, 0.3) is 0 Å². The molecule has 1 rings (SSSR count). The molecule has 0 aromatic carbocycles. The molecule has 0 aromatic heterocycles. The van der Waals surface area contributed by atoms with E-state index >= 15 is 0 Å². The van der Waals surface area contributed by atoms with Crippen molar-refractivity contribution in [3.05, 3.63) is 0 Å². The first-order valence-electron chi connectivity index (χ1n) is 6.70. The molecule has 0 heteroatoms. The molecular weight excluding hydrogens is 168 g/mol. The third-order valence-electron chi connectivity index (χ3n) is 4.57. The van der Waals surface area contributed by atoms with E-state index < -0.39 is 0 Å². The van der Waals surface area contributed by atoms with E-state index in [2.05, 4.69) is 27.7 Å². The fourth-order valence-electron chi connectivity index (χ4n) is 3.41. The lowest BCUT2D eigenvalue weighted by atomic mass is 9.73. The lowest BCUT2D eigenvalue weighted by Crippen LogP contribution is -2.24. The van der Waals surface area contributed by atoms with Gasteiger partial charge in [-0.3, -0.25) is 0 Å². The van der Waals surface area contributed by atoms with Crippen molar-refractivity contribution in [1.82, 2.24) is 0 Å². The van der Waals surface area contributed by atoms with Crippen molar-refractivity contribution in [2.45, 2.75) is 66.2 Å². The summed E-state index contributed by atoms with van der Waals surface area (Å²) in [4.78, 5) is 0. The van der Waals surface area contributed by atoms with Crippen LogP contribution in [0.15, 0.2) is 0 Å². The Hall–Kier alpha value is 0. The first-order valence-corrected chi connectivity index (χ1v) is 6.70. The van der Waals surface area contributed by atoms with Gasteiger partial charge in [0.1, 0.15) is 0 Å². The summed E-state index contributed by atoms with van der Waals surface area (Å²) >= 11 is 0. The minimum atomic E-state index is 0.945. The predicted molar refractivity (Wildman–Crippen MR) is 64.4 cm³/mol. The smallest absolute Gasteiger partial charge is 0.0358 e. The SMILES string of the molecule is CCC(C)C1CCCCC(C)C1CC. The zero-order valence-electron chi connectivity index (χ0n) is 10.6. The maximum atomic E-state index is 2.48.